The van der Waals surface area contributed by atoms with Gasteiger partial charge in [0, 0.05) is 11.6 Å². The Morgan fingerprint density at radius 3 is 2.93 bits per heavy atom. The van der Waals surface area contributed by atoms with Crippen LogP contribution in [0.25, 0.3) is 10.9 Å². The molecule has 3 heteroatoms. The molecule has 0 saturated carbocycles. The normalized spacial score (nSPS) is 12.1. The molecule has 1 unspecified atom stereocenters. The Kier molecular flexibility index (Phi) is 2.57. The zero-order valence-corrected chi connectivity index (χ0v) is 8.34. The number of isocyanates is 1. The van der Waals surface area contributed by atoms with E-state index in [0.29, 0.717) is 0 Å². The molecule has 1 aromatic heterocycles. The number of carbonyl (C=O) groups excluding carboxylic acids is 1. The maximum absolute atomic E-state index is 10.2. The maximum Gasteiger partial charge on any atom is 0.235 e. The van der Waals surface area contributed by atoms with Gasteiger partial charge in [0.1, 0.15) is 0 Å². The maximum atomic E-state index is 10.2. The number of hydrogen-bond donors (Lipinski definition) is 0. The van der Waals surface area contributed by atoms with E-state index in [-0.39, 0.29) is 6.04 Å². The summed E-state index contributed by atoms with van der Waals surface area (Å²) in [6, 6.07) is 9.52. The van der Waals surface area contributed by atoms with Gasteiger partial charge in [-0.3, -0.25) is 4.98 Å². The van der Waals surface area contributed by atoms with Crippen LogP contribution in [0.15, 0.2) is 41.5 Å². The molecule has 1 heterocycles. The number of benzene rings is 1. The standard InChI is InChI=1S/C12H10N2O/c1-9(14-8-15)10-6-7-13-12-5-3-2-4-11(10)12/h2-7,9H,1H3. The topological polar surface area (TPSA) is 42.3 Å². The number of rotatable bonds is 2. The van der Waals surface area contributed by atoms with E-state index in [4.69, 9.17) is 0 Å². The Balaban J connectivity index is 2.65. The third kappa shape index (κ3) is 1.78. The summed E-state index contributed by atoms with van der Waals surface area (Å²) in [5.41, 5.74) is 1.92. The molecular weight excluding hydrogens is 188 g/mol. The van der Waals surface area contributed by atoms with Crippen LogP contribution in [0.5, 0.6) is 0 Å². The predicted molar refractivity (Wildman–Crippen MR) is 58.3 cm³/mol. The lowest BCUT2D eigenvalue weighted by Crippen LogP contribution is -1.92. The number of fused-ring (bicyclic) bond motifs is 1. The third-order valence-electron chi connectivity index (χ3n) is 2.38. The Morgan fingerprint density at radius 2 is 2.13 bits per heavy atom. The Hall–Kier alpha value is -1.99. The van der Waals surface area contributed by atoms with Gasteiger partial charge in [-0.1, -0.05) is 18.2 Å². The summed E-state index contributed by atoms with van der Waals surface area (Å²) in [4.78, 5) is 18.2. The smallest absolute Gasteiger partial charge is 0.235 e. The summed E-state index contributed by atoms with van der Waals surface area (Å²) in [6.45, 7) is 1.87. The number of para-hydroxylation sites is 1. The van der Waals surface area contributed by atoms with E-state index in [1.807, 2.05) is 37.3 Å². The van der Waals surface area contributed by atoms with Gasteiger partial charge >= 0.3 is 0 Å². The second kappa shape index (κ2) is 4.03. The van der Waals surface area contributed by atoms with Crippen LogP contribution >= 0.6 is 0 Å². The monoisotopic (exact) mass is 198 g/mol. The number of nitrogens with zero attached hydrogens (tertiary/aromatic N) is 2. The number of pyridine rings is 1. The number of hydrogen-bond acceptors (Lipinski definition) is 3. The van der Waals surface area contributed by atoms with Gasteiger partial charge in [-0.05, 0) is 24.6 Å². The Morgan fingerprint density at radius 1 is 1.33 bits per heavy atom. The average Bonchev–Trinajstić information content (AvgIpc) is 2.28. The number of aliphatic imine (C=N–C) groups is 1. The van der Waals surface area contributed by atoms with Crippen molar-refractivity contribution in [2.45, 2.75) is 13.0 Å². The first-order valence-electron chi connectivity index (χ1n) is 4.73. The van der Waals surface area contributed by atoms with Crippen LogP contribution in [0, 0.1) is 0 Å². The lowest BCUT2D eigenvalue weighted by molar-refractivity contribution is 0.559. The zero-order chi connectivity index (χ0) is 10.7. The largest absolute Gasteiger partial charge is 0.256 e. The molecule has 0 spiro atoms. The summed E-state index contributed by atoms with van der Waals surface area (Å²) < 4.78 is 0. The van der Waals surface area contributed by atoms with Crippen LogP contribution in [0.4, 0.5) is 0 Å². The lowest BCUT2D eigenvalue weighted by atomic mass is 10.0. The molecule has 0 amide bonds. The van der Waals surface area contributed by atoms with Crippen LogP contribution in [-0.2, 0) is 4.79 Å². The second-order valence-electron chi connectivity index (χ2n) is 3.31. The van der Waals surface area contributed by atoms with Crippen molar-refractivity contribution in [2.24, 2.45) is 4.99 Å². The first-order chi connectivity index (χ1) is 7.33. The van der Waals surface area contributed by atoms with E-state index in [1.54, 1.807) is 12.3 Å². The van der Waals surface area contributed by atoms with E-state index in [2.05, 4.69) is 9.98 Å². The van der Waals surface area contributed by atoms with Crippen LogP contribution in [0.1, 0.15) is 18.5 Å². The van der Waals surface area contributed by atoms with Crippen molar-refractivity contribution in [3.8, 4) is 0 Å². The number of aromatic nitrogens is 1. The highest BCUT2D eigenvalue weighted by Gasteiger charge is 2.07. The van der Waals surface area contributed by atoms with Crippen LogP contribution in [0.2, 0.25) is 0 Å². The fourth-order valence-corrected chi connectivity index (χ4v) is 1.63. The predicted octanol–water partition coefficient (Wildman–Crippen LogP) is 2.63. The highest BCUT2D eigenvalue weighted by Crippen LogP contribution is 2.24. The van der Waals surface area contributed by atoms with Crippen LogP contribution < -0.4 is 0 Å². The van der Waals surface area contributed by atoms with Gasteiger partial charge in [-0.25, -0.2) is 4.79 Å². The fourth-order valence-electron chi connectivity index (χ4n) is 1.63. The fraction of sp³-hybridized carbons (Fsp3) is 0.167. The molecule has 74 valence electrons. The molecule has 2 rings (SSSR count). The minimum absolute atomic E-state index is 0.171. The lowest BCUT2D eigenvalue weighted by Gasteiger charge is -2.07. The molecule has 2 aromatic rings. The van der Waals surface area contributed by atoms with Crippen molar-refractivity contribution in [3.63, 3.8) is 0 Å². The van der Waals surface area contributed by atoms with E-state index >= 15 is 0 Å². The molecular formula is C12H10N2O. The minimum Gasteiger partial charge on any atom is -0.256 e. The molecule has 0 fully saturated rings. The second-order valence-corrected chi connectivity index (χ2v) is 3.31. The van der Waals surface area contributed by atoms with E-state index in [1.165, 1.54) is 0 Å². The Labute approximate surface area is 87.5 Å². The molecule has 0 aliphatic carbocycles. The molecule has 0 aliphatic rings. The van der Waals surface area contributed by atoms with Crippen molar-refractivity contribution in [3.05, 3.63) is 42.1 Å². The molecule has 0 aliphatic heterocycles. The van der Waals surface area contributed by atoms with Crippen molar-refractivity contribution >= 4 is 17.0 Å². The molecule has 1 atom stereocenters. The van der Waals surface area contributed by atoms with Gasteiger partial charge < -0.3 is 0 Å². The highest BCUT2D eigenvalue weighted by atomic mass is 16.1. The van der Waals surface area contributed by atoms with Crippen molar-refractivity contribution < 1.29 is 4.79 Å². The van der Waals surface area contributed by atoms with Gasteiger partial charge in [0.2, 0.25) is 6.08 Å². The van der Waals surface area contributed by atoms with Gasteiger partial charge in [0.05, 0.1) is 11.6 Å². The summed E-state index contributed by atoms with van der Waals surface area (Å²) in [7, 11) is 0. The summed E-state index contributed by atoms with van der Waals surface area (Å²) in [5.74, 6) is 0. The quantitative estimate of drug-likeness (QED) is 0.550. The Bertz CT molecular complexity index is 525. The molecule has 0 N–H and O–H groups in total. The first kappa shape index (κ1) is 9.56. The SMILES string of the molecule is CC(N=C=O)c1ccnc2ccccc12. The van der Waals surface area contributed by atoms with Gasteiger partial charge in [0.25, 0.3) is 0 Å². The van der Waals surface area contributed by atoms with Gasteiger partial charge in [0.15, 0.2) is 0 Å². The molecule has 0 radical (unpaired) electrons. The van der Waals surface area contributed by atoms with Crippen molar-refractivity contribution in [2.75, 3.05) is 0 Å². The summed E-state index contributed by atoms with van der Waals surface area (Å²) in [6.07, 6.45) is 3.32. The highest BCUT2D eigenvalue weighted by molar-refractivity contribution is 5.82. The third-order valence-corrected chi connectivity index (χ3v) is 2.38. The zero-order valence-electron chi connectivity index (χ0n) is 8.34. The van der Waals surface area contributed by atoms with Crippen molar-refractivity contribution in [1.29, 1.82) is 0 Å². The molecule has 0 saturated heterocycles. The summed E-state index contributed by atoms with van der Waals surface area (Å²) >= 11 is 0. The molecule has 15 heavy (non-hydrogen) atoms. The summed E-state index contributed by atoms with van der Waals surface area (Å²) in [5, 5.41) is 1.03. The van der Waals surface area contributed by atoms with Crippen LogP contribution in [-0.4, -0.2) is 11.1 Å². The van der Waals surface area contributed by atoms with E-state index in [0.717, 1.165) is 16.5 Å². The van der Waals surface area contributed by atoms with E-state index < -0.39 is 0 Å². The van der Waals surface area contributed by atoms with E-state index in [9.17, 15) is 4.79 Å². The average molecular weight is 198 g/mol. The van der Waals surface area contributed by atoms with Gasteiger partial charge in [-0.2, -0.15) is 4.99 Å². The minimum atomic E-state index is -0.171. The van der Waals surface area contributed by atoms with Crippen molar-refractivity contribution in [1.82, 2.24) is 4.98 Å². The molecule has 3 nitrogen and oxygen atoms in total. The molecule has 0 bridgehead atoms. The molecule has 1 aromatic carbocycles. The van der Waals surface area contributed by atoms with Crippen LogP contribution in [0.3, 0.4) is 0 Å². The first-order valence-corrected chi connectivity index (χ1v) is 4.73. The van der Waals surface area contributed by atoms with Gasteiger partial charge in [-0.15, -0.1) is 0 Å².